The number of imidazole rings is 1. The van der Waals surface area contributed by atoms with Crippen molar-refractivity contribution in [3.05, 3.63) is 85.0 Å². The summed E-state index contributed by atoms with van der Waals surface area (Å²) >= 11 is 0. The largest absolute Gasteiger partial charge is 0.340 e. The van der Waals surface area contributed by atoms with Gasteiger partial charge in [0.1, 0.15) is 30.1 Å². The summed E-state index contributed by atoms with van der Waals surface area (Å²) < 4.78 is 15.4. The van der Waals surface area contributed by atoms with Crippen molar-refractivity contribution in [1.82, 2.24) is 19.5 Å². The molecule has 0 aliphatic heterocycles. The molecule has 150 valence electrons. The Kier molecular flexibility index (Phi) is 5.33. The minimum absolute atomic E-state index is 0.371. The van der Waals surface area contributed by atoms with Crippen molar-refractivity contribution < 1.29 is 9.18 Å². The van der Waals surface area contributed by atoms with Gasteiger partial charge in [0.05, 0.1) is 0 Å². The predicted octanol–water partition coefficient (Wildman–Crippen LogP) is 4.50. The summed E-state index contributed by atoms with van der Waals surface area (Å²) in [6.07, 6.45) is 6.59. The molecule has 3 N–H and O–H groups in total. The van der Waals surface area contributed by atoms with E-state index in [2.05, 4.69) is 30.9 Å². The Morgan fingerprint density at radius 1 is 1.03 bits per heavy atom. The summed E-state index contributed by atoms with van der Waals surface area (Å²) in [6.45, 7) is 1.61. The molecule has 0 saturated carbocycles. The lowest BCUT2D eigenvalue weighted by molar-refractivity contribution is 0.262. The smallest absolute Gasteiger partial charge is 0.323 e. The van der Waals surface area contributed by atoms with Crippen LogP contribution in [0.4, 0.5) is 32.1 Å². The SMILES string of the molecule is Cc1c(F)cccc1NC(=O)Nc1ccc(Nc2cc(-n3ccnc3)ncn2)cc1. The number of nitrogens with zero attached hydrogens (tertiary/aromatic N) is 4. The summed E-state index contributed by atoms with van der Waals surface area (Å²) in [4.78, 5) is 24.6. The monoisotopic (exact) mass is 403 g/mol. The van der Waals surface area contributed by atoms with E-state index in [0.717, 1.165) is 5.69 Å². The van der Waals surface area contributed by atoms with Crippen LogP contribution in [0.5, 0.6) is 0 Å². The molecule has 4 aromatic rings. The first kappa shape index (κ1) is 19.1. The van der Waals surface area contributed by atoms with Crippen LogP contribution >= 0.6 is 0 Å². The number of hydrogen-bond acceptors (Lipinski definition) is 5. The second-order valence-electron chi connectivity index (χ2n) is 6.43. The molecule has 9 heteroatoms. The zero-order chi connectivity index (χ0) is 20.9. The number of rotatable bonds is 5. The molecule has 0 saturated heterocycles. The van der Waals surface area contributed by atoms with Crippen LogP contribution in [0.1, 0.15) is 5.56 Å². The van der Waals surface area contributed by atoms with Gasteiger partial charge in [-0.2, -0.15) is 0 Å². The van der Waals surface area contributed by atoms with Crippen LogP contribution in [0.2, 0.25) is 0 Å². The predicted molar refractivity (Wildman–Crippen MR) is 113 cm³/mol. The lowest BCUT2D eigenvalue weighted by Crippen LogP contribution is -2.20. The molecular weight excluding hydrogens is 385 g/mol. The molecule has 0 spiro atoms. The summed E-state index contributed by atoms with van der Waals surface area (Å²) in [5, 5.41) is 8.55. The molecular formula is C21H18FN7O. The maximum atomic E-state index is 13.6. The number of hydrogen-bond donors (Lipinski definition) is 3. The van der Waals surface area contributed by atoms with E-state index in [1.54, 1.807) is 60.5 Å². The van der Waals surface area contributed by atoms with Gasteiger partial charge >= 0.3 is 6.03 Å². The highest BCUT2D eigenvalue weighted by molar-refractivity contribution is 6.00. The van der Waals surface area contributed by atoms with Gasteiger partial charge < -0.3 is 16.0 Å². The Bertz CT molecular complexity index is 1160. The van der Waals surface area contributed by atoms with Crippen molar-refractivity contribution in [2.45, 2.75) is 6.92 Å². The van der Waals surface area contributed by atoms with Crippen LogP contribution in [0.25, 0.3) is 5.82 Å². The van der Waals surface area contributed by atoms with Crippen molar-refractivity contribution in [2.75, 3.05) is 16.0 Å². The third-order valence-corrected chi connectivity index (χ3v) is 4.35. The van der Waals surface area contributed by atoms with Gasteiger partial charge in [0.15, 0.2) is 0 Å². The zero-order valence-electron chi connectivity index (χ0n) is 16.0. The van der Waals surface area contributed by atoms with E-state index in [1.807, 2.05) is 12.1 Å². The number of amides is 2. The number of carbonyl (C=O) groups excluding carboxylic acids is 1. The molecule has 0 aliphatic rings. The summed E-state index contributed by atoms with van der Waals surface area (Å²) in [5.74, 6) is 0.936. The van der Waals surface area contributed by atoms with Crippen LogP contribution < -0.4 is 16.0 Å². The molecule has 0 atom stereocenters. The number of benzene rings is 2. The van der Waals surface area contributed by atoms with Gasteiger partial charge in [0.25, 0.3) is 0 Å². The molecule has 2 amide bonds. The molecule has 4 rings (SSSR count). The topological polar surface area (TPSA) is 96.8 Å². The Morgan fingerprint density at radius 3 is 2.60 bits per heavy atom. The van der Waals surface area contributed by atoms with E-state index < -0.39 is 6.03 Å². The number of carbonyl (C=O) groups is 1. The van der Waals surface area contributed by atoms with Crippen LogP contribution in [-0.2, 0) is 0 Å². The number of anilines is 4. The van der Waals surface area contributed by atoms with Crippen LogP contribution in [0, 0.1) is 12.7 Å². The lowest BCUT2D eigenvalue weighted by atomic mass is 10.2. The molecule has 0 aliphatic carbocycles. The first-order chi connectivity index (χ1) is 14.6. The van der Waals surface area contributed by atoms with E-state index in [-0.39, 0.29) is 5.82 Å². The molecule has 0 fully saturated rings. The third-order valence-electron chi connectivity index (χ3n) is 4.35. The highest BCUT2D eigenvalue weighted by Gasteiger charge is 2.08. The highest BCUT2D eigenvalue weighted by atomic mass is 19.1. The Labute approximate surface area is 171 Å². The van der Waals surface area contributed by atoms with Crippen molar-refractivity contribution in [3.63, 3.8) is 0 Å². The van der Waals surface area contributed by atoms with Gasteiger partial charge in [0, 0.05) is 41.1 Å². The van der Waals surface area contributed by atoms with Crippen molar-refractivity contribution >= 4 is 28.9 Å². The van der Waals surface area contributed by atoms with Crippen LogP contribution in [0.3, 0.4) is 0 Å². The summed E-state index contributed by atoms with van der Waals surface area (Å²) in [5.41, 5.74) is 2.18. The summed E-state index contributed by atoms with van der Waals surface area (Å²) in [6, 6.07) is 13.0. The first-order valence-electron chi connectivity index (χ1n) is 9.09. The number of aromatic nitrogens is 4. The molecule has 2 aromatic heterocycles. The maximum absolute atomic E-state index is 13.6. The minimum Gasteiger partial charge on any atom is -0.340 e. The Morgan fingerprint density at radius 2 is 1.83 bits per heavy atom. The number of nitrogens with one attached hydrogen (secondary N) is 3. The fourth-order valence-corrected chi connectivity index (χ4v) is 2.76. The fraction of sp³-hybridized carbons (Fsp3) is 0.0476. The maximum Gasteiger partial charge on any atom is 0.323 e. The number of halogens is 1. The van der Waals surface area contributed by atoms with E-state index in [1.165, 1.54) is 12.4 Å². The van der Waals surface area contributed by atoms with Gasteiger partial charge in [0.2, 0.25) is 0 Å². The second kappa shape index (κ2) is 8.39. The molecule has 0 radical (unpaired) electrons. The quantitative estimate of drug-likeness (QED) is 0.456. The Balaban J connectivity index is 1.39. The minimum atomic E-state index is -0.454. The van der Waals surface area contributed by atoms with Crippen molar-refractivity contribution in [3.8, 4) is 5.82 Å². The van der Waals surface area contributed by atoms with E-state index in [9.17, 15) is 9.18 Å². The van der Waals surface area contributed by atoms with Crippen molar-refractivity contribution in [1.29, 1.82) is 0 Å². The number of urea groups is 1. The van der Waals surface area contributed by atoms with E-state index in [0.29, 0.717) is 28.6 Å². The third kappa shape index (κ3) is 4.41. The molecule has 2 aromatic carbocycles. The zero-order valence-corrected chi connectivity index (χ0v) is 16.0. The average molecular weight is 403 g/mol. The second-order valence-corrected chi connectivity index (χ2v) is 6.43. The molecule has 30 heavy (non-hydrogen) atoms. The average Bonchev–Trinajstić information content (AvgIpc) is 3.28. The molecule has 0 unspecified atom stereocenters. The fourth-order valence-electron chi connectivity index (χ4n) is 2.76. The normalized spacial score (nSPS) is 10.5. The molecule has 0 bridgehead atoms. The van der Waals surface area contributed by atoms with Crippen LogP contribution in [0.15, 0.2) is 73.6 Å². The van der Waals surface area contributed by atoms with Gasteiger partial charge in [-0.05, 0) is 43.3 Å². The van der Waals surface area contributed by atoms with Gasteiger partial charge in [-0.3, -0.25) is 4.57 Å². The standard InChI is InChI=1S/C21H18FN7O/c1-14-17(22)3-2-4-18(14)28-21(30)27-16-7-5-15(6-8-16)26-19-11-20(25-12-24-19)29-10-9-23-13-29/h2-13H,1H3,(H,24,25,26)(H2,27,28,30). The van der Waals surface area contributed by atoms with Gasteiger partial charge in [-0.25, -0.2) is 24.1 Å². The van der Waals surface area contributed by atoms with Crippen LogP contribution in [-0.4, -0.2) is 25.6 Å². The highest BCUT2D eigenvalue weighted by Crippen LogP contribution is 2.20. The van der Waals surface area contributed by atoms with Crippen molar-refractivity contribution in [2.24, 2.45) is 0 Å². The summed E-state index contributed by atoms with van der Waals surface area (Å²) in [7, 11) is 0. The molecule has 8 nitrogen and oxygen atoms in total. The molecule has 2 heterocycles. The van der Waals surface area contributed by atoms with E-state index >= 15 is 0 Å². The lowest BCUT2D eigenvalue weighted by Gasteiger charge is -2.11. The van der Waals surface area contributed by atoms with Gasteiger partial charge in [-0.15, -0.1) is 0 Å². The van der Waals surface area contributed by atoms with E-state index in [4.69, 9.17) is 0 Å². The van der Waals surface area contributed by atoms with Gasteiger partial charge in [-0.1, -0.05) is 6.07 Å². The first-order valence-corrected chi connectivity index (χ1v) is 9.09. The Hall–Kier alpha value is -4.27.